The van der Waals surface area contributed by atoms with Crippen LogP contribution < -0.4 is 5.32 Å². The van der Waals surface area contributed by atoms with Gasteiger partial charge in [0.15, 0.2) is 0 Å². The molecule has 0 heterocycles. The molecule has 0 aliphatic rings. The van der Waals surface area contributed by atoms with E-state index in [0.29, 0.717) is 4.47 Å². The van der Waals surface area contributed by atoms with Crippen molar-refractivity contribution in [3.63, 3.8) is 0 Å². The average molecular weight is 354 g/mol. The fraction of sp³-hybridized carbons (Fsp3) is 0.462. The zero-order chi connectivity index (χ0) is 15.6. The first kappa shape index (κ1) is 16.8. The standard InChI is InChI=1S/C13H15BrF3NO2/c1-12(2,3)20-11(19)18-7-8-6-9(14)4-5-10(8)13(15,16)17/h4-6H,7H2,1-3H3,(H,18,19). The van der Waals surface area contributed by atoms with Crippen LogP contribution in [0.5, 0.6) is 0 Å². The predicted molar refractivity (Wildman–Crippen MR) is 72.2 cm³/mol. The van der Waals surface area contributed by atoms with Gasteiger partial charge in [-0.25, -0.2) is 4.79 Å². The Morgan fingerprint density at radius 3 is 2.40 bits per heavy atom. The molecule has 1 rings (SSSR count). The molecule has 0 atom stereocenters. The lowest BCUT2D eigenvalue weighted by Gasteiger charge is -2.20. The molecule has 0 saturated carbocycles. The van der Waals surface area contributed by atoms with Crippen molar-refractivity contribution in [2.24, 2.45) is 0 Å². The van der Waals surface area contributed by atoms with E-state index in [1.54, 1.807) is 20.8 Å². The number of hydrogen-bond acceptors (Lipinski definition) is 2. The molecule has 0 unspecified atom stereocenters. The Kier molecular flexibility index (Phi) is 5.07. The lowest BCUT2D eigenvalue weighted by Crippen LogP contribution is -2.32. The van der Waals surface area contributed by atoms with E-state index in [9.17, 15) is 18.0 Å². The minimum atomic E-state index is -4.47. The van der Waals surface area contributed by atoms with Gasteiger partial charge < -0.3 is 10.1 Å². The minimum absolute atomic E-state index is 0.0299. The number of alkyl halides is 3. The quantitative estimate of drug-likeness (QED) is 0.850. The molecule has 0 radical (unpaired) electrons. The Bertz CT molecular complexity index is 495. The maximum Gasteiger partial charge on any atom is 0.416 e. The van der Waals surface area contributed by atoms with Crippen molar-refractivity contribution in [2.45, 2.75) is 39.1 Å². The highest BCUT2D eigenvalue weighted by atomic mass is 79.9. The van der Waals surface area contributed by atoms with Crippen molar-refractivity contribution in [3.8, 4) is 0 Å². The average Bonchev–Trinajstić information content (AvgIpc) is 2.22. The molecule has 0 bridgehead atoms. The summed E-state index contributed by atoms with van der Waals surface area (Å²) in [5.74, 6) is 0. The molecule has 0 spiro atoms. The lowest BCUT2D eigenvalue weighted by molar-refractivity contribution is -0.138. The largest absolute Gasteiger partial charge is 0.444 e. The van der Waals surface area contributed by atoms with Crippen molar-refractivity contribution < 1.29 is 22.7 Å². The monoisotopic (exact) mass is 353 g/mol. The molecule has 0 fully saturated rings. The molecule has 1 aromatic rings. The van der Waals surface area contributed by atoms with Gasteiger partial charge in [0.1, 0.15) is 5.60 Å². The van der Waals surface area contributed by atoms with Crippen LogP contribution in [0.1, 0.15) is 31.9 Å². The second-order valence-electron chi connectivity index (χ2n) is 5.15. The Morgan fingerprint density at radius 2 is 1.90 bits per heavy atom. The number of hydrogen-bond donors (Lipinski definition) is 1. The van der Waals surface area contributed by atoms with E-state index in [1.165, 1.54) is 12.1 Å². The number of halogens is 4. The number of ether oxygens (including phenoxy) is 1. The highest BCUT2D eigenvalue weighted by Gasteiger charge is 2.33. The van der Waals surface area contributed by atoms with Gasteiger partial charge in [-0.2, -0.15) is 13.2 Å². The van der Waals surface area contributed by atoms with Crippen molar-refractivity contribution in [1.29, 1.82) is 0 Å². The van der Waals surface area contributed by atoms with Gasteiger partial charge in [-0.3, -0.25) is 0 Å². The summed E-state index contributed by atoms with van der Waals surface area (Å²) < 4.78 is 43.9. The van der Waals surface area contributed by atoms with Gasteiger partial charge in [0.2, 0.25) is 0 Å². The van der Waals surface area contributed by atoms with Crippen LogP contribution >= 0.6 is 15.9 Å². The summed E-state index contributed by atoms with van der Waals surface area (Å²) in [5.41, 5.74) is -1.51. The van der Waals surface area contributed by atoms with Crippen LogP contribution in [-0.4, -0.2) is 11.7 Å². The minimum Gasteiger partial charge on any atom is -0.444 e. The first-order valence-electron chi connectivity index (χ1n) is 5.81. The molecule has 0 aliphatic carbocycles. The van der Waals surface area contributed by atoms with E-state index in [-0.39, 0.29) is 12.1 Å². The van der Waals surface area contributed by atoms with Crippen LogP contribution in [-0.2, 0) is 17.5 Å². The lowest BCUT2D eigenvalue weighted by atomic mass is 10.1. The molecule has 20 heavy (non-hydrogen) atoms. The van der Waals surface area contributed by atoms with Gasteiger partial charge >= 0.3 is 12.3 Å². The molecule has 3 nitrogen and oxygen atoms in total. The van der Waals surface area contributed by atoms with Gasteiger partial charge in [-0.1, -0.05) is 15.9 Å². The highest BCUT2D eigenvalue weighted by Crippen LogP contribution is 2.33. The first-order valence-corrected chi connectivity index (χ1v) is 6.61. The first-order chi connectivity index (χ1) is 8.99. The summed E-state index contributed by atoms with van der Waals surface area (Å²) in [5, 5.41) is 2.31. The van der Waals surface area contributed by atoms with E-state index in [1.807, 2.05) is 0 Å². The number of amides is 1. The topological polar surface area (TPSA) is 38.3 Å². The van der Waals surface area contributed by atoms with Crippen LogP contribution in [0.2, 0.25) is 0 Å². The van der Waals surface area contributed by atoms with Crippen LogP contribution in [0.25, 0.3) is 0 Å². The summed E-state index contributed by atoms with van der Waals surface area (Å²) in [6.07, 6.45) is -5.23. The molecule has 7 heteroatoms. The normalized spacial score (nSPS) is 12.2. The third-order valence-corrected chi connectivity index (χ3v) is 2.69. The van der Waals surface area contributed by atoms with Gasteiger partial charge in [0.25, 0.3) is 0 Å². The second kappa shape index (κ2) is 6.03. The van der Waals surface area contributed by atoms with Gasteiger partial charge in [0, 0.05) is 11.0 Å². The van der Waals surface area contributed by atoms with Crippen LogP contribution in [0.4, 0.5) is 18.0 Å². The summed E-state index contributed by atoms with van der Waals surface area (Å²) >= 11 is 3.11. The summed E-state index contributed by atoms with van der Waals surface area (Å²) in [6, 6.07) is 3.59. The number of carbonyl (C=O) groups is 1. The Hall–Kier alpha value is -1.24. The zero-order valence-electron chi connectivity index (χ0n) is 11.3. The third kappa shape index (κ3) is 5.40. The highest BCUT2D eigenvalue weighted by molar-refractivity contribution is 9.10. The smallest absolute Gasteiger partial charge is 0.416 e. The van der Waals surface area contributed by atoms with E-state index < -0.39 is 23.4 Å². The molecule has 112 valence electrons. The molecule has 1 aromatic carbocycles. The van der Waals surface area contributed by atoms with Crippen molar-refractivity contribution in [1.82, 2.24) is 5.32 Å². The predicted octanol–water partition coefficient (Wildman–Crippen LogP) is 4.49. The van der Waals surface area contributed by atoms with Gasteiger partial charge in [0.05, 0.1) is 5.56 Å². The van der Waals surface area contributed by atoms with E-state index in [0.717, 1.165) is 6.07 Å². The molecular formula is C13H15BrF3NO2. The number of nitrogens with one attached hydrogen (secondary N) is 1. The number of benzene rings is 1. The SMILES string of the molecule is CC(C)(C)OC(=O)NCc1cc(Br)ccc1C(F)(F)F. The van der Waals surface area contributed by atoms with Crippen LogP contribution in [0.15, 0.2) is 22.7 Å². The number of carbonyl (C=O) groups excluding carboxylic acids is 1. The third-order valence-electron chi connectivity index (χ3n) is 2.19. The van der Waals surface area contributed by atoms with Crippen LogP contribution in [0, 0.1) is 0 Å². The van der Waals surface area contributed by atoms with E-state index >= 15 is 0 Å². The van der Waals surface area contributed by atoms with E-state index in [4.69, 9.17) is 4.74 Å². The molecule has 1 amide bonds. The van der Waals surface area contributed by atoms with Gasteiger partial charge in [-0.05, 0) is 44.5 Å². The van der Waals surface area contributed by atoms with Crippen molar-refractivity contribution in [3.05, 3.63) is 33.8 Å². The fourth-order valence-electron chi connectivity index (χ4n) is 1.47. The van der Waals surface area contributed by atoms with Crippen LogP contribution in [0.3, 0.4) is 0 Å². The number of rotatable bonds is 2. The molecule has 1 N–H and O–H groups in total. The summed E-state index contributed by atoms with van der Waals surface area (Å²) in [7, 11) is 0. The Labute approximate surface area is 123 Å². The maximum absolute atomic E-state index is 12.8. The maximum atomic E-state index is 12.8. The zero-order valence-corrected chi connectivity index (χ0v) is 12.9. The molecule has 0 saturated heterocycles. The molecule has 0 aliphatic heterocycles. The fourth-order valence-corrected chi connectivity index (χ4v) is 1.88. The summed E-state index contributed by atoms with van der Waals surface area (Å²) in [6.45, 7) is 4.76. The number of alkyl carbamates (subject to hydrolysis) is 1. The van der Waals surface area contributed by atoms with Crippen molar-refractivity contribution in [2.75, 3.05) is 0 Å². The van der Waals surface area contributed by atoms with Gasteiger partial charge in [-0.15, -0.1) is 0 Å². The Morgan fingerprint density at radius 1 is 1.30 bits per heavy atom. The summed E-state index contributed by atoms with van der Waals surface area (Å²) in [4.78, 5) is 11.5. The molecular weight excluding hydrogens is 339 g/mol. The molecule has 0 aromatic heterocycles. The van der Waals surface area contributed by atoms with Crippen molar-refractivity contribution >= 4 is 22.0 Å². The Balaban J connectivity index is 2.82. The second-order valence-corrected chi connectivity index (χ2v) is 6.07. The van der Waals surface area contributed by atoms with E-state index in [2.05, 4.69) is 21.2 Å².